The number of H-pyrrole nitrogens is 1. The molecule has 1 aliphatic carbocycles. The molecular formula is C18H16N4O. The van der Waals surface area contributed by atoms with Crippen molar-refractivity contribution >= 4 is 17.4 Å². The van der Waals surface area contributed by atoms with Crippen molar-refractivity contribution in [3.63, 3.8) is 0 Å². The predicted octanol–water partition coefficient (Wildman–Crippen LogP) is 3.73. The standard InChI is InChI=1S/C18H16N4O/c23-17-8-4-7-14-13(17)11-16(21-14)15-9-10-19-18(22-15)20-12-5-2-1-3-6-12/h1-3,5-6,9-11,21H,4,7-8H2,(H,19,20,22). The van der Waals surface area contributed by atoms with Crippen molar-refractivity contribution in [1.29, 1.82) is 0 Å². The number of nitrogens with one attached hydrogen (secondary N) is 2. The maximum atomic E-state index is 12.0. The third-order valence-electron chi connectivity index (χ3n) is 3.99. The van der Waals surface area contributed by atoms with Crippen LogP contribution in [0, 0.1) is 0 Å². The van der Waals surface area contributed by atoms with Crippen LogP contribution >= 0.6 is 0 Å². The lowest BCUT2D eigenvalue weighted by Gasteiger charge is -2.08. The number of aryl methyl sites for hydroxylation is 1. The summed E-state index contributed by atoms with van der Waals surface area (Å²) < 4.78 is 0. The van der Waals surface area contributed by atoms with Gasteiger partial charge in [0.15, 0.2) is 5.78 Å². The van der Waals surface area contributed by atoms with E-state index in [0.717, 1.165) is 41.2 Å². The molecule has 0 fully saturated rings. The van der Waals surface area contributed by atoms with Gasteiger partial charge in [-0.3, -0.25) is 4.79 Å². The summed E-state index contributed by atoms with van der Waals surface area (Å²) in [7, 11) is 0. The molecular weight excluding hydrogens is 288 g/mol. The van der Waals surface area contributed by atoms with Crippen LogP contribution in [0.2, 0.25) is 0 Å². The van der Waals surface area contributed by atoms with Crippen molar-refractivity contribution in [3.05, 3.63) is 59.9 Å². The molecule has 114 valence electrons. The Kier molecular flexibility index (Phi) is 3.38. The van der Waals surface area contributed by atoms with Crippen LogP contribution in [0.25, 0.3) is 11.4 Å². The number of Topliss-reactive ketones (excluding diaryl/α,β-unsaturated/α-hetero) is 1. The van der Waals surface area contributed by atoms with Crippen LogP contribution in [0.3, 0.4) is 0 Å². The van der Waals surface area contributed by atoms with Gasteiger partial charge in [-0.05, 0) is 37.1 Å². The average Bonchev–Trinajstić information content (AvgIpc) is 3.02. The molecule has 0 saturated carbocycles. The molecule has 23 heavy (non-hydrogen) atoms. The first-order valence-corrected chi connectivity index (χ1v) is 7.70. The van der Waals surface area contributed by atoms with Crippen LogP contribution < -0.4 is 5.32 Å². The summed E-state index contributed by atoms with van der Waals surface area (Å²) in [4.78, 5) is 24.1. The zero-order valence-electron chi connectivity index (χ0n) is 12.5. The molecule has 1 aromatic carbocycles. The highest BCUT2D eigenvalue weighted by atomic mass is 16.1. The van der Waals surface area contributed by atoms with Crippen LogP contribution in [0.15, 0.2) is 48.7 Å². The van der Waals surface area contributed by atoms with Crippen molar-refractivity contribution in [2.24, 2.45) is 0 Å². The number of rotatable bonds is 3. The van der Waals surface area contributed by atoms with E-state index in [9.17, 15) is 4.79 Å². The maximum Gasteiger partial charge on any atom is 0.227 e. The summed E-state index contributed by atoms with van der Waals surface area (Å²) in [6.45, 7) is 0. The molecule has 2 aromatic heterocycles. The lowest BCUT2D eigenvalue weighted by atomic mass is 9.97. The molecule has 0 spiro atoms. The fourth-order valence-corrected chi connectivity index (χ4v) is 2.86. The number of carbonyl (C=O) groups is 1. The van der Waals surface area contributed by atoms with E-state index >= 15 is 0 Å². The Morgan fingerprint density at radius 2 is 1.96 bits per heavy atom. The van der Waals surface area contributed by atoms with E-state index in [2.05, 4.69) is 20.3 Å². The summed E-state index contributed by atoms with van der Waals surface area (Å²) in [5, 5.41) is 3.18. The van der Waals surface area contributed by atoms with E-state index in [0.29, 0.717) is 12.4 Å². The van der Waals surface area contributed by atoms with Gasteiger partial charge in [0.1, 0.15) is 0 Å². The molecule has 0 saturated heterocycles. The minimum absolute atomic E-state index is 0.213. The molecule has 3 aromatic rings. The van der Waals surface area contributed by atoms with Gasteiger partial charge >= 0.3 is 0 Å². The zero-order valence-corrected chi connectivity index (χ0v) is 12.5. The minimum atomic E-state index is 0.213. The summed E-state index contributed by atoms with van der Waals surface area (Å²) in [6.07, 6.45) is 4.18. The van der Waals surface area contributed by atoms with E-state index in [4.69, 9.17) is 0 Å². The molecule has 0 bridgehead atoms. The third-order valence-corrected chi connectivity index (χ3v) is 3.99. The number of ketones is 1. The first-order valence-electron chi connectivity index (χ1n) is 7.70. The highest BCUT2D eigenvalue weighted by molar-refractivity contribution is 5.99. The molecule has 4 rings (SSSR count). The Bertz CT molecular complexity index is 854. The Labute approximate surface area is 133 Å². The molecule has 1 aliphatic rings. The van der Waals surface area contributed by atoms with Gasteiger partial charge in [-0.25, -0.2) is 9.97 Å². The van der Waals surface area contributed by atoms with Crippen LogP contribution in [0.4, 0.5) is 11.6 Å². The SMILES string of the molecule is O=C1CCCc2[nH]c(-c3ccnc(Nc4ccccc4)n3)cc21. The monoisotopic (exact) mass is 304 g/mol. The first-order chi connectivity index (χ1) is 11.3. The molecule has 2 heterocycles. The number of aromatic nitrogens is 3. The number of hydrogen-bond donors (Lipinski definition) is 2. The lowest BCUT2D eigenvalue weighted by Crippen LogP contribution is -2.08. The Morgan fingerprint density at radius 1 is 1.09 bits per heavy atom. The number of aromatic amines is 1. The fraction of sp³-hybridized carbons (Fsp3) is 0.167. The van der Waals surface area contributed by atoms with Gasteiger partial charge in [0.25, 0.3) is 0 Å². The molecule has 0 atom stereocenters. The summed E-state index contributed by atoms with van der Waals surface area (Å²) >= 11 is 0. The Balaban J connectivity index is 1.65. The molecule has 5 heteroatoms. The molecule has 0 radical (unpaired) electrons. The Hall–Kier alpha value is -2.95. The van der Waals surface area contributed by atoms with Gasteiger partial charge in [-0.1, -0.05) is 18.2 Å². The molecule has 5 nitrogen and oxygen atoms in total. The number of carbonyl (C=O) groups excluding carboxylic acids is 1. The van der Waals surface area contributed by atoms with Crippen LogP contribution in [0.5, 0.6) is 0 Å². The summed E-state index contributed by atoms with van der Waals surface area (Å²) in [5.74, 6) is 0.748. The van der Waals surface area contributed by atoms with E-state index < -0.39 is 0 Å². The summed E-state index contributed by atoms with van der Waals surface area (Å²) in [6, 6.07) is 13.5. The van der Waals surface area contributed by atoms with Crippen LogP contribution in [-0.4, -0.2) is 20.7 Å². The van der Waals surface area contributed by atoms with Gasteiger partial charge in [-0.15, -0.1) is 0 Å². The van der Waals surface area contributed by atoms with Crippen molar-refractivity contribution in [2.45, 2.75) is 19.3 Å². The van der Waals surface area contributed by atoms with Gasteiger partial charge in [0.05, 0.1) is 11.4 Å². The van der Waals surface area contributed by atoms with E-state index in [1.165, 1.54) is 0 Å². The number of fused-ring (bicyclic) bond motifs is 1. The number of anilines is 2. The minimum Gasteiger partial charge on any atom is -0.357 e. The van der Waals surface area contributed by atoms with Crippen molar-refractivity contribution < 1.29 is 4.79 Å². The van der Waals surface area contributed by atoms with Gasteiger partial charge in [-0.2, -0.15) is 0 Å². The fourth-order valence-electron chi connectivity index (χ4n) is 2.86. The lowest BCUT2D eigenvalue weighted by molar-refractivity contribution is 0.0972. The average molecular weight is 304 g/mol. The second kappa shape index (κ2) is 5.68. The number of hydrogen-bond acceptors (Lipinski definition) is 4. The predicted molar refractivity (Wildman–Crippen MR) is 88.8 cm³/mol. The Morgan fingerprint density at radius 3 is 2.78 bits per heavy atom. The number of benzene rings is 1. The van der Waals surface area contributed by atoms with E-state index in [1.807, 2.05) is 42.5 Å². The molecule has 2 N–H and O–H groups in total. The molecule has 0 amide bonds. The highest BCUT2D eigenvalue weighted by Crippen LogP contribution is 2.27. The first kappa shape index (κ1) is 13.7. The quantitative estimate of drug-likeness (QED) is 0.773. The van der Waals surface area contributed by atoms with Crippen LogP contribution in [-0.2, 0) is 6.42 Å². The van der Waals surface area contributed by atoms with Gasteiger partial charge < -0.3 is 10.3 Å². The normalized spacial score (nSPS) is 13.7. The van der Waals surface area contributed by atoms with E-state index in [1.54, 1.807) is 6.20 Å². The zero-order chi connectivity index (χ0) is 15.6. The summed E-state index contributed by atoms with van der Waals surface area (Å²) in [5.41, 5.74) is 4.41. The largest absolute Gasteiger partial charge is 0.357 e. The second-order valence-electron chi connectivity index (χ2n) is 5.61. The third kappa shape index (κ3) is 2.73. The molecule has 0 aliphatic heterocycles. The topological polar surface area (TPSA) is 70.7 Å². The van der Waals surface area contributed by atoms with Crippen molar-refractivity contribution in [3.8, 4) is 11.4 Å². The maximum absolute atomic E-state index is 12.0. The van der Waals surface area contributed by atoms with Gasteiger partial charge in [0.2, 0.25) is 5.95 Å². The molecule has 0 unspecified atom stereocenters. The second-order valence-corrected chi connectivity index (χ2v) is 5.61. The van der Waals surface area contributed by atoms with E-state index in [-0.39, 0.29) is 5.78 Å². The smallest absolute Gasteiger partial charge is 0.227 e. The van der Waals surface area contributed by atoms with Gasteiger partial charge in [0, 0.05) is 29.6 Å². The van der Waals surface area contributed by atoms with Crippen LogP contribution in [0.1, 0.15) is 28.9 Å². The number of para-hydroxylation sites is 1. The van der Waals surface area contributed by atoms with Crippen molar-refractivity contribution in [1.82, 2.24) is 15.0 Å². The van der Waals surface area contributed by atoms with Crippen molar-refractivity contribution in [2.75, 3.05) is 5.32 Å². The number of nitrogens with zero attached hydrogens (tertiary/aromatic N) is 2. The highest BCUT2D eigenvalue weighted by Gasteiger charge is 2.20.